The fourth-order valence-electron chi connectivity index (χ4n) is 1.26. The van der Waals surface area contributed by atoms with Gasteiger partial charge in [0.1, 0.15) is 5.82 Å². The molecule has 0 unspecified atom stereocenters. The number of rotatable bonds is 5. The SMILES string of the molecule is CC(=O)NCCCNC(=O)c1ccc(F)cc1. The number of hydrogen-bond acceptors (Lipinski definition) is 2. The van der Waals surface area contributed by atoms with E-state index in [4.69, 9.17) is 0 Å². The molecular formula is C12H15FN2O2. The summed E-state index contributed by atoms with van der Waals surface area (Å²) in [4.78, 5) is 22.1. The van der Waals surface area contributed by atoms with E-state index in [0.29, 0.717) is 25.1 Å². The van der Waals surface area contributed by atoms with Crippen LogP contribution in [0.3, 0.4) is 0 Å². The van der Waals surface area contributed by atoms with Crippen molar-refractivity contribution < 1.29 is 14.0 Å². The van der Waals surface area contributed by atoms with E-state index in [-0.39, 0.29) is 17.6 Å². The van der Waals surface area contributed by atoms with Crippen LogP contribution in [0.5, 0.6) is 0 Å². The summed E-state index contributed by atoms with van der Waals surface area (Å²) in [5.74, 6) is -0.699. The van der Waals surface area contributed by atoms with Gasteiger partial charge in [-0.3, -0.25) is 9.59 Å². The molecule has 17 heavy (non-hydrogen) atoms. The Labute approximate surface area is 99.2 Å². The summed E-state index contributed by atoms with van der Waals surface area (Å²) >= 11 is 0. The average Bonchev–Trinajstić information content (AvgIpc) is 2.29. The van der Waals surface area contributed by atoms with Crippen molar-refractivity contribution in [2.75, 3.05) is 13.1 Å². The van der Waals surface area contributed by atoms with Gasteiger partial charge in [0, 0.05) is 25.6 Å². The maximum atomic E-state index is 12.6. The predicted molar refractivity (Wildman–Crippen MR) is 62.0 cm³/mol. The number of carbonyl (C=O) groups excluding carboxylic acids is 2. The van der Waals surface area contributed by atoms with Gasteiger partial charge in [0.2, 0.25) is 5.91 Å². The minimum atomic E-state index is -0.368. The quantitative estimate of drug-likeness (QED) is 0.754. The van der Waals surface area contributed by atoms with Crippen LogP contribution in [-0.2, 0) is 4.79 Å². The summed E-state index contributed by atoms with van der Waals surface area (Å²) in [6.07, 6.45) is 0.659. The maximum absolute atomic E-state index is 12.6. The monoisotopic (exact) mass is 238 g/mol. The molecule has 0 aliphatic carbocycles. The second-order valence-electron chi connectivity index (χ2n) is 3.60. The molecular weight excluding hydrogens is 223 g/mol. The van der Waals surface area contributed by atoms with Crippen molar-refractivity contribution in [3.05, 3.63) is 35.6 Å². The maximum Gasteiger partial charge on any atom is 0.251 e. The first-order valence-electron chi connectivity index (χ1n) is 5.38. The van der Waals surface area contributed by atoms with Crippen molar-refractivity contribution >= 4 is 11.8 Å². The highest BCUT2D eigenvalue weighted by Crippen LogP contribution is 2.02. The molecule has 4 nitrogen and oxygen atoms in total. The number of hydrogen-bond donors (Lipinski definition) is 2. The van der Waals surface area contributed by atoms with Crippen molar-refractivity contribution in [2.45, 2.75) is 13.3 Å². The van der Waals surface area contributed by atoms with Crippen molar-refractivity contribution in [1.29, 1.82) is 0 Å². The highest BCUT2D eigenvalue weighted by molar-refractivity contribution is 5.94. The van der Waals surface area contributed by atoms with E-state index in [1.54, 1.807) is 0 Å². The van der Waals surface area contributed by atoms with Crippen LogP contribution in [-0.4, -0.2) is 24.9 Å². The third-order valence-corrected chi connectivity index (χ3v) is 2.12. The Kier molecular flexibility index (Phi) is 5.13. The normalized spacial score (nSPS) is 9.76. The Balaban J connectivity index is 2.25. The molecule has 92 valence electrons. The molecule has 0 heterocycles. The van der Waals surface area contributed by atoms with Crippen LogP contribution in [0, 0.1) is 5.82 Å². The zero-order valence-corrected chi connectivity index (χ0v) is 9.63. The Morgan fingerprint density at radius 2 is 1.71 bits per heavy atom. The number of carbonyl (C=O) groups is 2. The second kappa shape index (κ2) is 6.62. The van der Waals surface area contributed by atoms with Crippen LogP contribution in [0.4, 0.5) is 4.39 Å². The molecule has 0 atom stereocenters. The van der Waals surface area contributed by atoms with Gasteiger partial charge in [-0.1, -0.05) is 0 Å². The highest BCUT2D eigenvalue weighted by Gasteiger charge is 2.04. The molecule has 0 aromatic heterocycles. The summed E-state index contributed by atoms with van der Waals surface area (Å²) < 4.78 is 12.6. The average molecular weight is 238 g/mol. The first-order valence-corrected chi connectivity index (χ1v) is 5.38. The first kappa shape index (κ1) is 13.2. The van der Waals surface area contributed by atoms with Gasteiger partial charge in [-0.05, 0) is 30.7 Å². The molecule has 0 radical (unpaired) electrons. The fraction of sp³-hybridized carbons (Fsp3) is 0.333. The molecule has 1 aromatic rings. The van der Waals surface area contributed by atoms with E-state index >= 15 is 0 Å². The summed E-state index contributed by atoms with van der Waals surface area (Å²) in [7, 11) is 0. The van der Waals surface area contributed by atoms with Crippen molar-refractivity contribution in [1.82, 2.24) is 10.6 Å². The van der Waals surface area contributed by atoms with Crippen LogP contribution in [0.15, 0.2) is 24.3 Å². The summed E-state index contributed by atoms with van der Waals surface area (Å²) in [5.41, 5.74) is 0.422. The molecule has 2 N–H and O–H groups in total. The highest BCUT2D eigenvalue weighted by atomic mass is 19.1. The first-order chi connectivity index (χ1) is 8.09. The molecule has 0 spiro atoms. The van der Waals surface area contributed by atoms with Gasteiger partial charge in [0.15, 0.2) is 0 Å². The van der Waals surface area contributed by atoms with E-state index < -0.39 is 0 Å². The van der Waals surface area contributed by atoms with Gasteiger partial charge in [0.05, 0.1) is 0 Å². The van der Waals surface area contributed by atoms with Crippen LogP contribution in [0.1, 0.15) is 23.7 Å². The van der Waals surface area contributed by atoms with Crippen molar-refractivity contribution in [3.63, 3.8) is 0 Å². The third-order valence-electron chi connectivity index (χ3n) is 2.12. The largest absolute Gasteiger partial charge is 0.356 e. The van der Waals surface area contributed by atoms with E-state index in [1.807, 2.05) is 0 Å². The van der Waals surface area contributed by atoms with Gasteiger partial charge >= 0.3 is 0 Å². The van der Waals surface area contributed by atoms with E-state index in [1.165, 1.54) is 31.2 Å². The Hall–Kier alpha value is -1.91. The molecule has 0 saturated heterocycles. The standard InChI is InChI=1S/C12H15FN2O2/c1-9(16)14-7-2-8-15-12(17)10-3-5-11(13)6-4-10/h3-6H,2,7-8H2,1H3,(H,14,16)(H,15,17). The lowest BCUT2D eigenvalue weighted by Gasteiger charge is -2.05. The van der Waals surface area contributed by atoms with Crippen LogP contribution < -0.4 is 10.6 Å². The summed E-state index contributed by atoms with van der Waals surface area (Å²) in [5, 5.41) is 5.31. The Morgan fingerprint density at radius 1 is 1.12 bits per heavy atom. The molecule has 0 saturated carbocycles. The fourth-order valence-corrected chi connectivity index (χ4v) is 1.26. The van der Waals surface area contributed by atoms with Gasteiger partial charge in [-0.15, -0.1) is 0 Å². The number of nitrogens with one attached hydrogen (secondary N) is 2. The lowest BCUT2D eigenvalue weighted by atomic mass is 10.2. The molecule has 2 amide bonds. The van der Waals surface area contributed by atoms with Crippen LogP contribution in [0.25, 0.3) is 0 Å². The lowest BCUT2D eigenvalue weighted by molar-refractivity contribution is -0.118. The number of benzene rings is 1. The number of halogens is 1. The predicted octanol–water partition coefficient (Wildman–Crippen LogP) is 1.08. The second-order valence-corrected chi connectivity index (χ2v) is 3.60. The molecule has 0 aliphatic rings. The zero-order valence-electron chi connectivity index (χ0n) is 9.63. The molecule has 0 aliphatic heterocycles. The lowest BCUT2D eigenvalue weighted by Crippen LogP contribution is -2.28. The summed E-state index contributed by atoms with van der Waals surface area (Å²) in [6.45, 7) is 2.44. The van der Waals surface area contributed by atoms with E-state index in [2.05, 4.69) is 10.6 Å². The van der Waals surface area contributed by atoms with Crippen molar-refractivity contribution in [3.8, 4) is 0 Å². The van der Waals surface area contributed by atoms with E-state index in [9.17, 15) is 14.0 Å². The minimum Gasteiger partial charge on any atom is -0.356 e. The van der Waals surface area contributed by atoms with Crippen LogP contribution >= 0.6 is 0 Å². The third kappa shape index (κ3) is 5.10. The van der Waals surface area contributed by atoms with Crippen molar-refractivity contribution in [2.24, 2.45) is 0 Å². The number of amides is 2. The Morgan fingerprint density at radius 3 is 2.29 bits per heavy atom. The van der Waals surface area contributed by atoms with Crippen LogP contribution in [0.2, 0.25) is 0 Å². The van der Waals surface area contributed by atoms with E-state index in [0.717, 1.165) is 0 Å². The molecule has 1 aromatic carbocycles. The topological polar surface area (TPSA) is 58.2 Å². The molecule has 1 rings (SSSR count). The molecule has 5 heteroatoms. The zero-order chi connectivity index (χ0) is 12.7. The van der Waals surface area contributed by atoms with Gasteiger partial charge < -0.3 is 10.6 Å². The minimum absolute atomic E-state index is 0.0881. The molecule has 0 bridgehead atoms. The van der Waals surface area contributed by atoms with Gasteiger partial charge in [-0.25, -0.2) is 4.39 Å². The van der Waals surface area contributed by atoms with Gasteiger partial charge in [-0.2, -0.15) is 0 Å². The summed E-state index contributed by atoms with van der Waals surface area (Å²) in [6, 6.07) is 5.34. The van der Waals surface area contributed by atoms with Gasteiger partial charge in [0.25, 0.3) is 5.91 Å². The molecule has 0 fully saturated rings. The smallest absolute Gasteiger partial charge is 0.251 e. The Bertz CT molecular complexity index is 390.